The highest BCUT2D eigenvalue weighted by Crippen LogP contribution is 2.30. The molecular weight excluding hydrogens is 252 g/mol. The van der Waals surface area contributed by atoms with E-state index in [1.54, 1.807) is 7.11 Å². The maximum absolute atomic E-state index is 5.69. The summed E-state index contributed by atoms with van der Waals surface area (Å²) in [5, 5.41) is 4.18. The minimum atomic E-state index is -0.0338. The normalized spacial score (nSPS) is 17.4. The van der Waals surface area contributed by atoms with E-state index in [2.05, 4.69) is 5.16 Å². The first-order chi connectivity index (χ1) is 9.76. The van der Waals surface area contributed by atoms with Gasteiger partial charge < -0.3 is 15.3 Å². The number of methoxy groups -OCH3 is 1. The number of benzene rings is 2. The van der Waals surface area contributed by atoms with Crippen molar-refractivity contribution in [2.45, 2.75) is 12.5 Å². The quantitative estimate of drug-likeness (QED) is 0.870. The van der Waals surface area contributed by atoms with Crippen LogP contribution in [-0.2, 0) is 4.84 Å². The predicted octanol–water partition coefficient (Wildman–Crippen LogP) is 3.14. The number of hydrogen-bond acceptors (Lipinski definition) is 4. The lowest BCUT2D eigenvalue weighted by Gasteiger charge is -2.09. The van der Waals surface area contributed by atoms with Crippen LogP contribution in [0.15, 0.2) is 53.7 Å². The molecule has 0 spiro atoms. The summed E-state index contributed by atoms with van der Waals surface area (Å²) in [5.41, 5.74) is 9.54. The van der Waals surface area contributed by atoms with Crippen molar-refractivity contribution in [1.82, 2.24) is 0 Å². The molecule has 0 amide bonds. The van der Waals surface area contributed by atoms with E-state index >= 15 is 0 Å². The lowest BCUT2D eigenvalue weighted by atomic mass is 10.0. The Balaban J connectivity index is 1.73. The third kappa shape index (κ3) is 2.45. The molecule has 4 heteroatoms. The summed E-state index contributed by atoms with van der Waals surface area (Å²) >= 11 is 0. The van der Waals surface area contributed by atoms with Crippen molar-refractivity contribution in [1.29, 1.82) is 0 Å². The number of oxime groups is 1. The van der Waals surface area contributed by atoms with Crippen LogP contribution in [0.2, 0.25) is 0 Å². The van der Waals surface area contributed by atoms with Crippen molar-refractivity contribution >= 4 is 11.4 Å². The Bertz CT molecular complexity index is 618. The molecule has 2 aromatic rings. The van der Waals surface area contributed by atoms with Crippen molar-refractivity contribution in [3.8, 4) is 5.75 Å². The first-order valence-electron chi connectivity index (χ1n) is 6.49. The second kappa shape index (κ2) is 5.25. The lowest BCUT2D eigenvalue weighted by Crippen LogP contribution is -2.01. The standard InChI is InChI=1S/C16H16N2O2/c1-19-14-8-4-12(5-9-14)16-10-15(18-20-16)11-2-6-13(17)7-3-11/h2-9,16H,10,17H2,1H3. The number of nitrogens with zero attached hydrogens (tertiary/aromatic N) is 1. The fourth-order valence-corrected chi connectivity index (χ4v) is 2.22. The van der Waals surface area contributed by atoms with E-state index < -0.39 is 0 Å². The van der Waals surface area contributed by atoms with E-state index in [4.69, 9.17) is 15.3 Å². The second-order valence-electron chi connectivity index (χ2n) is 4.73. The highest BCUT2D eigenvalue weighted by molar-refractivity contribution is 6.01. The van der Waals surface area contributed by atoms with E-state index in [1.165, 1.54) is 0 Å². The molecule has 0 saturated carbocycles. The fourth-order valence-electron chi connectivity index (χ4n) is 2.22. The molecule has 0 radical (unpaired) electrons. The van der Waals surface area contributed by atoms with Crippen molar-refractivity contribution < 1.29 is 9.57 Å². The summed E-state index contributed by atoms with van der Waals surface area (Å²) in [4.78, 5) is 5.53. The van der Waals surface area contributed by atoms with Crippen molar-refractivity contribution in [3.63, 3.8) is 0 Å². The molecule has 20 heavy (non-hydrogen) atoms. The van der Waals surface area contributed by atoms with Crippen LogP contribution in [0.3, 0.4) is 0 Å². The Kier molecular flexibility index (Phi) is 3.29. The second-order valence-corrected chi connectivity index (χ2v) is 4.73. The number of anilines is 1. The number of rotatable bonds is 3. The molecular formula is C16H16N2O2. The predicted molar refractivity (Wildman–Crippen MR) is 78.8 cm³/mol. The van der Waals surface area contributed by atoms with Gasteiger partial charge in [-0.3, -0.25) is 0 Å². The molecule has 4 nitrogen and oxygen atoms in total. The maximum Gasteiger partial charge on any atom is 0.158 e. The minimum Gasteiger partial charge on any atom is -0.497 e. The summed E-state index contributed by atoms with van der Waals surface area (Å²) in [6.07, 6.45) is 0.726. The van der Waals surface area contributed by atoms with Crippen LogP contribution in [0.25, 0.3) is 0 Å². The van der Waals surface area contributed by atoms with Crippen molar-refractivity contribution in [3.05, 3.63) is 59.7 Å². The van der Waals surface area contributed by atoms with Gasteiger partial charge in [-0.15, -0.1) is 0 Å². The van der Waals surface area contributed by atoms with E-state index in [-0.39, 0.29) is 6.10 Å². The van der Waals surface area contributed by atoms with Crippen LogP contribution >= 0.6 is 0 Å². The molecule has 1 heterocycles. The van der Waals surface area contributed by atoms with E-state index in [9.17, 15) is 0 Å². The van der Waals surface area contributed by atoms with Crippen LogP contribution in [0.4, 0.5) is 5.69 Å². The van der Waals surface area contributed by atoms with Crippen molar-refractivity contribution in [2.75, 3.05) is 12.8 Å². The third-order valence-electron chi connectivity index (χ3n) is 3.40. The zero-order valence-electron chi connectivity index (χ0n) is 11.2. The van der Waals surface area contributed by atoms with E-state index in [0.29, 0.717) is 0 Å². The van der Waals surface area contributed by atoms with Gasteiger partial charge in [0, 0.05) is 12.1 Å². The minimum absolute atomic E-state index is 0.0338. The van der Waals surface area contributed by atoms with Gasteiger partial charge in [0.1, 0.15) is 5.75 Å². The molecule has 2 aromatic carbocycles. The summed E-state index contributed by atoms with van der Waals surface area (Å²) < 4.78 is 5.15. The Morgan fingerprint density at radius 1 is 1.10 bits per heavy atom. The molecule has 0 aliphatic carbocycles. The lowest BCUT2D eigenvalue weighted by molar-refractivity contribution is 0.0857. The maximum atomic E-state index is 5.69. The fraction of sp³-hybridized carbons (Fsp3) is 0.188. The van der Waals surface area contributed by atoms with Gasteiger partial charge in [-0.05, 0) is 35.4 Å². The number of nitrogen functional groups attached to an aromatic ring is 1. The van der Waals surface area contributed by atoms with Gasteiger partial charge in [0.05, 0.1) is 12.8 Å². The van der Waals surface area contributed by atoms with Crippen LogP contribution < -0.4 is 10.5 Å². The first-order valence-corrected chi connectivity index (χ1v) is 6.49. The number of nitrogens with two attached hydrogens (primary N) is 1. The van der Waals surface area contributed by atoms with Crippen LogP contribution in [0.1, 0.15) is 23.7 Å². The smallest absolute Gasteiger partial charge is 0.158 e. The Labute approximate surface area is 117 Å². The van der Waals surface area contributed by atoms with Crippen LogP contribution in [0, 0.1) is 0 Å². The van der Waals surface area contributed by atoms with E-state index in [1.807, 2.05) is 48.5 Å². The number of hydrogen-bond donors (Lipinski definition) is 1. The summed E-state index contributed by atoms with van der Waals surface area (Å²) in [6.45, 7) is 0. The summed E-state index contributed by atoms with van der Waals surface area (Å²) in [7, 11) is 1.66. The van der Waals surface area contributed by atoms with Gasteiger partial charge in [-0.2, -0.15) is 0 Å². The highest BCUT2D eigenvalue weighted by atomic mass is 16.6. The molecule has 1 aliphatic rings. The van der Waals surface area contributed by atoms with Crippen LogP contribution in [-0.4, -0.2) is 12.8 Å². The van der Waals surface area contributed by atoms with Gasteiger partial charge in [0.15, 0.2) is 6.10 Å². The topological polar surface area (TPSA) is 56.8 Å². The van der Waals surface area contributed by atoms with Gasteiger partial charge in [-0.25, -0.2) is 0 Å². The molecule has 3 rings (SSSR count). The zero-order chi connectivity index (χ0) is 13.9. The van der Waals surface area contributed by atoms with Gasteiger partial charge in [0.25, 0.3) is 0 Å². The van der Waals surface area contributed by atoms with Crippen LogP contribution in [0.5, 0.6) is 5.75 Å². The van der Waals surface area contributed by atoms with Gasteiger partial charge in [-0.1, -0.05) is 29.4 Å². The zero-order valence-corrected chi connectivity index (χ0v) is 11.2. The largest absolute Gasteiger partial charge is 0.497 e. The Morgan fingerprint density at radius 3 is 2.45 bits per heavy atom. The Hall–Kier alpha value is -2.49. The summed E-state index contributed by atoms with van der Waals surface area (Å²) in [6, 6.07) is 15.6. The summed E-state index contributed by atoms with van der Waals surface area (Å²) in [5.74, 6) is 0.839. The average molecular weight is 268 g/mol. The molecule has 1 unspecified atom stereocenters. The highest BCUT2D eigenvalue weighted by Gasteiger charge is 2.23. The Morgan fingerprint density at radius 2 is 1.80 bits per heavy atom. The van der Waals surface area contributed by atoms with Crippen molar-refractivity contribution in [2.24, 2.45) is 5.16 Å². The SMILES string of the molecule is COc1ccc(C2CC(c3ccc(N)cc3)=NO2)cc1. The van der Waals surface area contributed by atoms with Gasteiger partial charge in [0.2, 0.25) is 0 Å². The molecule has 0 aromatic heterocycles. The van der Waals surface area contributed by atoms with Gasteiger partial charge >= 0.3 is 0 Å². The average Bonchev–Trinajstić information content (AvgIpc) is 2.98. The third-order valence-corrected chi connectivity index (χ3v) is 3.40. The molecule has 0 bridgehead atoms. The molecule has 0 saturated heterocycles. The molecule has 0 fully saturated rings. The van der Waals surface area contributed by atoms with E-state index in [0.717, 1.165) is 34.7 Å². The molecule has 1 atom stereocenters. The molecule has 2 N–H and O–H groups in total. The molecule has 1 aliphatic heterocycles. The monoisotopic (exact) mass is 268 g/mol. The first kappa shape index (κ1) is 12.5. The number of ether oxygens (including phenoxy) is 1. The molecule has 102 valence electrons.